The molecule has 0 aromatic carbocycles. The number of carbonyl (C=O) groups excluding carboxylic acids is 1. The lowest BCUT2D eigenvalue weighted by molar-refractivity contribution is -0.134. The number of hydrogen-bond donors (Lipinski definition) is 0. The summed E-state index contributed by atoms with van der Waals surface area (Å²) in [5, 5.41) is 9.10. The van der Waals surface area contributed by atoms with E-state index in [1.165, 1.54) is 6.20 Å². The minimum atomic E-state index is 0.0154. The van der Waals surface area contributed by atoms with Crippen LogP contribution in [0, 0.1) is 17.2 Å². The zero-order valence-corrected chi connectivity index (χ0v) is 12.6. The zero-order chi connectivity index (χ0) is 14.7. The molecule has 6 nitrogen and oxygen atoms in total. The van der Waals surface area contributed by atoms with Crippen LogP contribution in [0.25, 0.3) is 0 Å². The smallest absolute Gasteiger partial charge is 0.227 e. The summed E-state index contributed by atoms with van der Waals surface area (Å²) in [6.45, 7) is 3.10. The fourth-order valence-electron chi connectivity index (χ4n) is 2.84. The Bertz CT molecular complexity index is 567. The molecule has 2 aliphatic heterocycles. The standard InChI is InChI=1S/C14H17N5OS/c15-9-12-13(17-3-2-16-12)19-4-1-11(10-19)14(20)18-5-7-21-8-6-18/h2-3,11H,1,4-8,10H2. The molecule has 2 fully saturated rings. The fraction of sp³-hybridized carbons (Fsp3) is 0.571. The molecular formula is C14H17N5OS. The number of amides is 1. The summed E-state index contributed by atoms with van der Waals surface area (Å²) >= 11 is 1.90. The first-order valence-electron chi connectivity index (χ1n) is 7.12. The summed E-state index contributed by atoms with van der Waals surface area (Å²) in [7, 11) is 0. The molecule has 0 N–H and O–H groups in total. The first kappa shape index (κ1) is 14.1. The average Bonchev–Trinajstić information content (AvgIpc) is 3.04. The van der Waals surface area contributed by atoms with Crippen molar-refractivity contribution in [2.75, 3.05) is 42.6 Å². The summed E-state index contributed by atoms with van der Waals surface area (Å²) in [6.07, 6.45) is 3.93. The Morgan fingerprint density at radius 1 is 1.29 bits per heavy atom. The second-order valence-corrected chi connectivity index (χ2v) is 6.43. The molecule has 21 heavy (non-hydrogen) atoms. The van der Waals surface area contributed by atoms with Crippen LogP contribution in [0.3, 0.4) is 0 Å². The Balaban J connectivity index is 1.68. The first-order chi connectivity index (χ1) is 10.3. The van der Waals surface area contributed by atoms with Gasteiger partial charge in [-0.2, -0.15) is 17.0 Å². The SMILES string of the molecule is N#Cc1nccnc1N1CCC(C(=O)N2CCSCC2)C1. The minimum Gasteiger partial charge on any atom is -0.353 e. The molecular weight excluding hydrogens is 286 g/mol. The Morgan fingerprint density at radius 3 is 2.81 bits per heavy atom. The molecule has 1 aromatic heterocycles. The highest BCUT2D eigenvalue weighted by Gasteiger charge is 2.33. The van der Waals surface area contributed by atoms with Gasteiger partial charge in [0.1, 0.15) is 6.07 Å². The third-order valence-electron chi connectivity index (χ3n) is 3.94. The van der Waals surface area contributed by atoms with Crippen molar-refractivity contribution in [1.82, 2.24) is 14.9 Å². The van der Waals surface area contributed by atoms with Gasteiger partial charge in [-0.05, 0) is 6.42 Å². The highest BCUT2D eigenvalue weighted by Crippen LogP contribution is 2.25. The van der Waals surface area contributed by atoms with Crippen molar-refractivity contribution in [3.63, 3.8) is 0 Å². The molecule has 7 heteroatoms. The van der Waals surface area contributed by atoms with Crippen molar-refractivity contribution in [1.29, 1.82) is 5.26 Å². The Kier molecular flexibility index (Phi) is 4.25. The summed E-state index contributed by atoms with van der Waals surface area (Å²) in [6, 6.07) is 2.07. The van der Waals surface area contributed by atoms with Gasteiger partial charge in [-0.15, -0.1) is 0 Å². The molecule has 3 heterocycles. The molecule has 0 saturated carbocycles. The molecule has 0 bridgehead atoms. The van der Waals surface area contributed by atoms with E-state index in [-0.39, 0.29) is 11.8 Å². The number of nitrogens with zero attached hydrogens (tertiary/aromatic N) is 5. The number of thioether (sulfide) groups is 1. The third kappa shape index (κ3) is 2.95. The number of rotatable bonds is 2. The quantitative estimate of drug-likeness (QED) is 0.803. The van der Waals surface area contributed by atoms with E-state index in [4.69, 9.17) is 5.26 Å². The van der Waals surface area contributed by atoms with Gasteiger partial charge in [-0.1, -0.05) is 0 Å². The maximum atomic E-state index is 12.5. The van der Waals surface area contributed by atoms with Crippen LogP contribution in [0.4, 0.5) is 5.82 Å². The van der Waals surface area contributed by atoms with Crippen LogP contribution < -0.4 is 4.90 Å². The van der Waals surface area contributed by atoms with Gasteiger partial charge in [0.25, 0.3) is 0 Å². The van der Waals surface area contributed by atoms with E-state index in [0.29, 0.717) is 18.1 Å². The maximum Gasteiger partial charge on any atom is 0.227 e. The average molecular weight is 303 g/mol. The van der Waals surface area contributed by atoms with Gasteiger partial charge < -0.3 is 9.80 Å². The van der Waals surface area contributed by atoms with Crippen LogP contribution in [0.2, 0.25) is 0 Å². The van der Waals surface area contributed by atoms with E-state index in [1.807, 2.05) is 21.6 Å². The predicted molar refractivity (Wildman–Crippen MR) is 81.0 cm³/mol. The van der Waals surface area contributed by atoms with E-state index < -0.39 is 0 Å². The van der Waals surface area contributed by atoms with E-state index in [1.54, 1.807) is 6.20 Å². The molecule has 110 valence electrons. The van der Waals surface area contributed by atoms with Crippen molar-refractivity contribution in [3.05, 3.63) is 18.1 Å². The summed E-state index contributed by atoms with van der Waals surface area (Å²) in [5.74, 6) is 2.93. The number of carbonyl (C=O) groups is 1. The second-order valence-electron chi connectivity index (χ2n) is 5.21. The van der Waals surface area contributed by atoms with E-state index in [0.717, 1.165) is 37.6 Å². The monoisotopic (exact) mass is 303 g/mol. The Hall–Kier alpha value is -1.81. The van der Waals surface area contributed by atoms with Crippen molar-refractivity contribution in [2.45, 2.75) is 6.42 Å². The molecule has 1 aromatic rings. The maximum absolute atomic E-state index is 12.5. The van der Waals surface area contributed by atoms with Gasteiger partial charge in [-0.3, -0.25) is 4.79 Å². The summed E-state index contributed by atoms with van der Waals surface area (Å²) in [4.78, 5) is 24.8. The number of aromatic nitrogens is 2. The van der Waals surface area contributed by atoms with E-state index >= 15 is 0 Å². The highest BCUT2D eigenvalue weighted by molar-refractivity contribution is 7.99. The first-order valence-corrected chi connectivity index (χ1v) is 8.27. The van der Waals surface area contributed by atoms with Gasteiger partial charge in [0.15, 0.2) is 11.5 Å². The molecule has 2 saturated heterocycles. The Morgan fingerprint density at radius 2 is 2.05 bits per heavy atom. The highest BCUT2D eigenvalue weighted by atomic mass is 32.2. The van der Waals surface area contributed by atoms with Gasteiger partial charge in [0, 0.05) is 50.1 Å². The van der Waals surface area contributed by atoms with Crippen molar-refractivity contribution in [2.24, 2.45) is 5.92 Å². The lowest BCUT2D eigenvalue weighted by atomic mass is 10.1. The van der Waals surface area contributed by atoms with Crippen LogP contribution in [0.1, 0.15) is 12.1 Å². The second kappa shape index (κ2) is 6.31. The molecule has 0 spiro atoms. The van der Waals surface area contributed by atoms with Gasteiger partial charge in [0.2, 0.25) is 5.91 Å². The molecule has 3 rings (SSSR count). The number of anilines is 1. The van der Waals surface area contributed by atoms with Crippen LogP contribution in [-0.4, -0.2) is 58.5 Å². The molecule has 1 atom stereocenters. The predicted octanol–water partition coefficient (Wildman–Crippen LogP) is 0.750. The molecule has 2 aliphatic rings. The van der Waals surface area contributed by atoms with Crippen LogP contribution >= 0.6 is 11.8 Å². The number of nitriles is 1. The third-order valence-corrected chi connectivity index (χ3v) is 4.89. The Labute approximate surface area is 128 Å². The van der Waals surface area contributed by atoms with Crippen molar-refractivity contribution >= 4 is 23.5 Å². The van der Waals surface area contributed by atoms with Gasteiger partial charge >= 0.3 is 0 Å². The normalized spacial score (nSPS) is 22.1. The lowest BCUT2D eigenvalue weighted by Crippen LogP contribution is -2.42. The van der Waals surface area contributed by atoms with E-state index in [9.17, 15) is 4.79 Å². The minimum absolute atomic E-state index is 0.0154. The topological polar surface area (TPSA) is 73.1 Å². The zero-order valence-electron chi connectivity index (χ0n) is 11.7. The van der Waals surface area contributed by atoms with Crippen LogP contribution in [0.5, 0.6) is 0 Å². The molecule has 1 unspecified atom stereocenters. The molecule has 0 aliphatic carbocycles. The lowest BCUT2D eigenvalue weighted by Gasteiger charge is -2.29. The van der Waals surface area contributed by atoms with Crippen molar-refractivity contribution in [3.8, 4) is 6.07 Å². The molecule has 1 amide bonds. The van der Waals surface area contributed by atoms with Gasteiger partial charge in [0.05, 0.1) is 5.92 Å². The van der Waals surface area contributed by atoms with E-state index in [2.05, 4.69) is 16.0 Å². The largest absolute Gasteiger partial charge is 0.353 e. The fourth-order valence-corrected chi connectivity index (χ4v) is 3.74. The van der Waals surface area contributed by atoms with Crippen LogP contribution in [0.15, 0.2) is 12.4 Å². The van der Waals surface area contributed by atoms with Crippen molar-refractivity contribution < 1.29 is 4.79 Å². The number of hydrogen-bond acceptors (Lipinski definition) is 6. The van der Waals surface area contributed by atoms with Gasteiger partial charge in [-0.25, -0.2) is 9.97 Å². The van der Waals surface area contributed by atoms with Crippen LogP contribution in [-0.2, 0) is 4.79 Å². The summed E-state index contributed by atoms with van der Waals surface area (Å²) < 4.78 is 0. The molecule has 0 radical (unpaired) electrons. The summed E-state index contributed by atoms with van der Waals surface area (Å²) in [5.41, 5.74) is 0.333.